The lowest BCUT2D eigenvalue weighted by Gasteiger charge is -2.26. The van der Waals surface area contributed by atoms with E-state index in [9.17, 15) is 9.18 Å². The molecule has 8 nitrogen and oxygen atoms in total. The molecule has 10 heteroatoms. The van der Waals surface area contributed by atoms with Gasteiger partial charge in [0.15, 0.2) is 0 Å². The zero-order valence-corrected chi connectivity index (χ0v) is 20.7. The summed E-state index contributed by atoms with van der Waals surface area (Å²) in [6.45, 7) is 1.85. The normalized spacial score (nSPS) is 22.7. The molecule has 5 aromatic rings. The summed E-state index contributed by atoms with van der Waals surface area (Å²) in [7, 11) is 1.63. The zero-order chi connectivity index (χ0) is 26.2. The van der Waals surface area contributed by atoms with E-state index in [1.165, 1.54) is 10.6 Å². The van der Waals surface area contributed by atoms with Crippen molar-refractivity contribution in [3.05, 3.63) is 82.4 Å². The third kappa shape index (κ3) is 3.10. The molecule has 0 bridgehead atoms. The van der Waals surface area contributed by atoms with Gasteiger partial charge in [-0.2, -0.15) is 5.10 Å². The second-order valence-corrected chi connectivity index (χ2v) is 10.3. The number of nitrogens with two attached hydrogens (primary N) is 1. The average molecular weight is 514 g/mol. The van der Waals surface area contributed by atoms with E-state index in [4.69, 9.17) is 10.7 Å². The van der Waals surface area contributed by atoms with Crippen LogP contribution in [0, 0.1) is 23.5 Å². The Morgan fingerprint density at radius 3 is 2.79 bits per heavy atom. The maximum Gasteiger partial charge on any atom is 0.258 e. The highest BCUT2D eigenvalue weighted by atomic mass is 19.1. The molecule has 0 radical (unpaired) electrons. The largest absolute Gasteiger partial charge is 0.355 e. The van der Waals surface area contributed by atoms with Gasteiger partial charge in [-0.1, -0.05) is 18.2 Å². The fourth-order valence-electron chi connectivity index (χ4n) is 6.54. The predicted octanol–water partition coefficient (Wildman–Crippen LogP) is 3.50. The number of aromatic amines is 1. The molecule has 0 amide bonds. The van der Waals surface area contributed by atoms with E-state index in [0.29, 0.717) is 52.6 Å². The molecule has 1 saturated heterocycles. The number of anilines is 1. The molecular formula is C28H25F2N7O. The van der Waals surface area contributed by atoms with Crippen LogP contribution in [-0.2, 0) is 12.5 Å². The quantitative estimate of drug-likeness (QED) is 0.381. The van der Waals surface area contributed by atoms with Crippen LogP contribution in [0.15, 0.2) is 59.7 Å². The Morgan fingerprint density at radius 2 is 1.97 bits per heavy atom. The van der Waals surface area contributed by atoms with Crippen LogP contribution in [0.1, 0.15) is 12.0 Å². The Morgan fingerprint density at radius 1 is 1.13 bits per heavy atom. The van der Waals surface area contributed by atoms with Crippen LogP contribution < -0.4 is 16.2 Å². The number of hydrogen-bond donors (Lipinski definition) is 2. The van der Waals surface area contributed by atoms with E-state index < -0.39 is 5.82 Å². The summed E-state index contributed by atoms with van der Waals surface area (Å²) < 4.78 is 31.6. The molecule has 38 heavy (non-hydrogen) atoms. The van der Waals surface area contributed by atoms with Gasteiger partial charge in [0, 0.05) is 49.2 Å². The number of hydrogen-bond acceptors (Lipinski definition) is 6. The number of nitrogens with zero attached hydrogens (tertiary/aromatic N) is 5. The summed E-state index contributed by atoms with van der Waals surface area (Å²) in [5.74, 6) is 0.513. The van der Waals surface area contributed by atoms with Crippen LogP contribution in [0.25, 0.3) is 33.2 Å². The van der Waals surface area contributed by atoms with Gasteiger partial charge in [-0.15, -0.1) is 0 Å². The van der Waals surface area contributed by atoms with Crippen molar-refractivity contribution in [1.29, 1.82) is 0 Å². The molecule has 1 unspecified atom stereocenters. The van der Waals surface area contributed by atoms with E-state index >= 15 is 4.39 Å². The molecule has 2 aliphatic rings. The van der Waals surface area contributed by atoms with E-state index in [-0.39, 0.29) is 33.7 Å². The van der Waals surface area contributed by atoms with Crippen molar-refractivity contribution in [1.82, 2.24) is 24.7 Å². The van der Waals surface area contributed by atoms with Crippen molar-refractivity contribution in [2.24, 2.45) is 24.6 Å². The Hall–Kier alpha value is -4.18. The molecule has 1 saturated carbocycles. The van der Waals surface area contributed by atoms with Crippen molar-refractivity contribution < 1.29 is 8.78 Å². The van der Waals surface area contributed by atoms with Crippen LogP contribution in [0.4, 0.5) is 14.6 Å². The summed E-state index contributed by atoms with van der Waals surface area (Å²) in [6, 6.07) is 11.7. The van der Waals surface area contributed by atoms with Gasteiger partial charge in [-0.05, 0) is 48.1 Å². The second-order valence-electron chi connectivity index (χ2n) is 10.3. The van der Waals surface area contributed by atoms with Gasteiger partial charge in [-0.3, -0.25) is 9.89 Å². The van der Waals surface area contributed by atoms with Crippen LogP contribution in [0.5, 0.6) is 0 Å². The highest BCUT2D eigenvalue weighted by molar-refractivity contribution is 5.93. The lowest BCUT2D eigenvalue weighted by atomic mass is 9.91. The number of aromatic nitrogens is 5. The highest BCUT2D eigenvalue weighted by Gasteiger charge is 2.66. The fourth-order valence-corrected chi connectivity index (χ4v) is 6.54. The number of nitrogens with one attached hydrogen (secondary N) is 1. The summed E-state index contributed by atoms with van der Waals surface area (Å²) in [5, 5.41) is 7.74. The lowest BCUT2D eigenvalue weighted by Crippen LogP contribution is -2.32. The van der Waals surface area contributed by atoms with Crippen LogP contribution in [0.3, 0.4) is 0 Å². The van der Waals surface area contributed by atoms with Crippen molar-refractivity contribution in [2.75, 3.05) is 24.5 Å². The van der Waals surface area contributed by atoms with Crippen molar-refractivity contribution >= 4 is 27.8 Å². The monoisotopic (exact) mass is 513 g/mol. The maximum atomic E-state index is 15.5. The van der Waals surface area contributed by atoms with E-state index in [1.807, 2.05) is 12.1 Å². The number of halogens is 2. The Balaban J connectivity index is 1.21. The molecule has 2 aromatic carbocycles. The van der Waals surface area contributed by atoms with Gasteiger partial charge in [0.1, 0.15) is 23.0 Å². The van der Waals surface area contributed by atoms with E-state index in [0.717, 1.165) is 13.0 Å². The van der Waals surface area contributed by atoms with E-state index in [1.54, 1.807) is 43.7 Å². The van der Waals surface area contributed by atoms with Gasteiger partial charge < -0.3 is 15.2 Å². The van der Waals surface area contributed by atoms with Crippen LogP contribution in [0.2, 0.25) is 0 Å². The smallest absolute Gasteiger partial charge is 0.258 e. The van der Waals surface area contributed by atoms with Gasteiger partial charge in [-0.25, -0.2) is 18.7 Å². The molecule has 192 valence electrons. The second kappa shape index (κ2) is 8.16. The SMILES string of the molecule is Cn1ccc2c(F)c(-c3[nH]nc4nc(N5CC[C@@H]6C(C5)[C@@]6(CN)c5ccccc5F)cnc34)ccc2c1=O. The minimum absolute atomic E-state index is 0.203. The van der Waals surface area contributed by atoms with Gasteiger partial charge >= 0.3 is 0 Å². The zero-order valence-electron chi connectivity index (χ0n) is 20.7. The van der Waals surface area contributed by atoms with Gasteiger partial charge in [0.05, 0.1) is 17.3 Å². The summed E-state index contributed by atoms with van der Waals surface area (Å²) >= 11 is 0. The number of pyridine rings is 1. The topological polar surface area (TPSA) is 106 Å². The summed E-state index contributed by atoms with van der Waals surface area (Å²) in [5.41, 5.74) is 7.81. The molecule has 7 rings (SSSR count). The molecule has 1 aliphatic carbocycles. The third-order valence-corrected chi connectivity index (χ3v) is 8.58. The molecular weight excluding hydrogens is 488 g/mol. The number of H-pyrrole nitrogens is 1. The molecule has 0 spiro atoms. The summed E-state index contributed by atoms with van der Waals surface area (Å²) in [6.07, 6.45) is 4.10. The van der Waals surface area contributed by atoms with Gasteiger partial charge in [0.2, 0.25) is 5.65 Å². The number of piperidine rings is 1. The highest BCUT2D eigenvalue weighted by Crippen LogP contribution is 2.63. The number of aryl methyl sites for hydroxylation is 1. The Kier molecular flexibility index (Phi) is 4.93. The Labute approximate surface area is 216 Å². The standard InChI is InChI=1S/C28H25F2N7O/c1-36-10-8-15-16(27(36)38)6-7-17(23(15)30)24-25-26(35-34-24)33-22(12-32-25)37-11-9-18-20(13-37)28(18,14-31)19-4-2-3-5-21(19)29/h2-8,10,12,18,20H,9,11,13-14,31H2,1H3,(H,33,34,35)/t18-,20?,28-/m1/s1. The minimum atomic E-state index is -0.515. The van der Waals surface area contributed by atoms with Crippen LogP contribution in [-0.4, -0.2) is 44.4 Å². The third-order valence-electron chi connectivity index (χ3n) is 8.58. The van der Waals surface area contributed by atoms with Gasteiger partial charge in [0.25, 0.3) is 5.56 Å². The summed E-state index contributed by atoms with van der Waals surface area (Å²) in [4.78, 5) is 23.8. The van der Waals surface area contributed by atoms with Crippen molar-refractivity contribution in [3.63, 3.8) is 0 Å². The molecule has 3 N–H and O–H groups in total. The van der Waals surface area contributed by atoms with Crippen molar-refractivity contribution in [2.45, 2.75) is 11.8 Å². The molecule has 3 atom stereocenters. The Bertz CT molecular complexity index is 1800. The maximum absolute atomic E-state index is 15.5. The lowest BCUT2D eigenvalue weighted by molar-refractivity contribution is 0.533. The number of benzene rings is 2. The molecule has 1 aliphatic heterocycles. The first-order chi connectivity index (χ1) is 18.4. The van der Waals surface area contributed by atoms with Crippen molar-refractivity contribution in [3.8, 4) is 11.3 Å². The number of rotatable bonds is 4. The van der Waals surface area contributed by atoms with Crippen LogP contribution >= 0.6 is 0 Å². The fraction of sp³-hybridized carbons (Fsp3) is 0.286. The first kappa shape index (κ1) is 23.0. The average Bonchev–Trinajstić information content (AvgIpc) is 3.40. The predicted molar refractivity (Wildman–Crippen MR) is 141 cm³/mol. The molecule has 3 aromatic heterocycles. The number of fused-ring (bicyclic) bond motifs is 3. The molecule has 2 fully saturated rings. The minimum Gasteiger partial charge on any atom is -0.355 e. The van der Waals surface area contributed by atoms with E-state index in [2.05, 4.69) is 20.1 Å². The molecule has 4 heterocycles. The first-order valence-electron chi connectivity index (χ1n) is 12.6. The first-order valence-corrected chi connectivity index (χ1v) is 12.6.